The molecule has 0 aromatic carbocycles. The minimum absolute atomic E-state index is 0.142. The average molecular weight is 469 g/mol. The van der Waals surface area contributed by atoms with E-state index in [1.807, 2.05) is 0 Å². The van der Waals surface area contributed by atoms with Gasteiger partial charge in [-0.15, -0.1) is 0 Å². The van der Waals surface area contributed by atoms with Crippen LogP contribution in [0.2, 0.25) is 0 Å². The van der Waals surface area contributed by atoms with Crippen LogP contribution in [0, 0.1) is 0 Å². The molecule has 0 amide bonds. The van der Waals surface area contributed by atoms with Crippen LogP contribution in [0.25, 0.3) is 0 Å². The molecule has 11 heteroatoms. The number of nitrogens with one attached hydrogen (secondary N) is 1. The second kappa shape index (κ2) is 12.2. The van der Waals surface area contributed by atoms with Gasteiger partial charge in [0.15, 0.2) is 18.3 Å². The standard InChI is InChI=1S/C15H19NO6.CH4O.Mo.2O/c1-8-20-7-11-14(21-8)12(18)13(19)15(22-11)16-6-9-4-2-3-5-10(9)17;1-2;;;/h2-6,8,11-16,18-19H,7H2,1H3;2H,1H3;;;. The maximum absolute atomic E-state index is 11.6. The van der Waals surface area contributed by atoms with E-state index >= 15 is 0 Å². The zero-order valence-corrected chi connectivity index (χ0v) is 16.8. The normalized spacial score (nSPS) is 35.9. The quantitative estimate of drug-likeness (QED) is 0.285. The van der Waals surface area contributed by atoms with Gasteiger partial charge in [-0.25, -0.2) is 0 Å². The Morgan fingerprint density at radius 3 is 2.41 bits per heavy atom. The molecule has 1 aliphatic carbocycles. The van der Waals surface area contributed by atoms with E-state index in [2.05, 4.69) is 5.32 Å². The third-order valence-corrected chi connectivity index (χ3v) is 3.85. The van der Waals surface area contributed by atoms with Gasteiger partial charge in [0.2, 0.25) is 0 Å². The Morgan fingerprint density at radius 1 is 1.15 bits per heavy atom. The van der Waals surface area contributed by atoms with Crippen LogP contribution in [0.5, 0.6) is 0 Å². The molecule has 3 aliphatic rings. The van der Waals surface area contributed by atoms with Crippen LogP contribution in [0.1, 0.15) is 6.92 Å². The molecule has 0 bridgehead atoms. The molecular weight excluding hydrogens is 446 g/mol. The Morgan fingerprint density at radius 2 is 1.78 bits per heavy atom. The van der Waals surface area contributed by atoms with Crippen molar-refractivity contribution in [2.45, 2.75) is 43.9 Å². The molecule has 2 heterocycles. The van der Waals surface area contributed by atoms with Crippen LogP contribution in [-0.4, -0.2) is 71.8 Å². The minimum atomic E-state index is -2.03. The summed E-state index contributed by atoms with van der Waals surface area (Å²) in [7, 11) is 1.00. The van der Waals surface area contributed by atoms with Gasteiger partial charge in [0.25, 0.3) is 0 Å². The molecule has 2 aliphatic heterocycles. The molecule has 0 saturated carbocycles. The van der Waals surface area contributed by atoms with Gasteiger partial charge >= 0.3 is 25.3 Å². The van der Waals surface area contributed by atoms with E-state index in [0.717, 1.165) is 7.11 Å². The molecule has 0 aromatic heterocycles. The van der Waals surface area contributed by atoms with Gasteiger partial charge in [0, 0.05) is 18.9 Å². The summed E-state index contributed by atoms with van der Waals surface area (Å²) in [6.07, 6.45) is 3.26. The number of hydrogen-bond acceptors (Lipinski definition) is 10. The molecule has 2 saturated heterocycles. The maximum atomic E-state index is 11.6. The molecule has 4 N–H and O–H groups in total. The number of allylic oxidation sites excluding steroid dienone is 5. The summed E-state index contributed by atoms with van der Waals surface area (Å²) >= 11 is -2.03. The summed E-state index contributed by atoms with van der Waals surface area (Å²) in [5.41, 5.74) is 0.444. The third-order valence-electron chi connectivity index (χ3n) is 3.85. The molecule has 3 rings (SSSR count). The van der Waals surface area contributed by atoms with Crippen molar-refractivity contribution in [2.24, 2.45) is 0 Å². The van der Waals surface area contributed by atoms with Crippen LogP contribution in [0.3, 0.4) is 0 Å². The van der Waals surface area contributed by atoms with Crippen molar-refractivity contribution in [1.82, 2.24) is 5.32 Å². The number of hydrogen-bond donors (Lipinski definition) is 4. The average Bonchev–Trinajstić information content (AvgIpc) is 2.67. The fraction of sp³-hybridized carbons (Fsp3) is 0.562. The molecule has 6 unspecified atom stereocenters. The van der Waals surface area contributed by atoms with E-state index in [4.69, 9.17) is 26.1 Å². The Bertz CT molecular complexity index is 613. The summed E-state index contributed by atoms with van der Waals surface area (Å²) in [6.45, 7) is 1.99. The second-order valence-corrected chi connectivity index (χ2v) is 5.83. The number of ether oxygens (including phenoxy) is 3. The van der Waals surface area contributed by atoms with E-state index in [0.29, 0.717) is 5.57 Å². The van der Waals surface area contributed by atoms with Gasteiger partial charge in [-0.3, -0.25) is 4.79 Å². The summed E-state index contributed by atoms with van der Waals surface area (Å²) < 4.78 is 33.5. The van der Waals surface area contributed by atoms with Crippen molar-refractivity contribution in [3.05, 3.63) is 36.1 Å². The number of ketones is 1. The fourth-order valence-corrected chi connectivity index (χ4v) is 2.64. The Kier molecular flexibility index (Phi) is 10.8. The van der Waals surface area contributed by atoms with Crippen LogP contribution in [0.4, 0.5) is 0 Å². The van der Waals surface area contributed by atoms with E-state index in [1.54, 1.807) is 25.2 Å². The molecule has 27 heavy (non-hydrogen) atoms. The molecule has 10 nitrogen and oxygen atoms in total. The van der Waals surface area contributed by atoms with Gasteiger partial charge in [-0.1, -0.05) is 12.2 Å². The molecular formula is C16H23MoNO9. The number of carbonyl (C=O) groups is 1. The van der Waals surface area contributed by atoms with Crippen molar-refractivity contribution >= 4 is 5.78 Å². The first-order valence-corrected chi connectivity index (χ1v) is 9.62. The summed E-state index contributed by atoms with van der Waals surface area (Å²) in [5, 5.41) is 30.2. The van der Waals surface area contributed by atoms with Crippen molar-refractivity contribution in [3.63, 3.8) is 0 Å². The van der Waals surface area contributed by atoms with Crippen molar-refractivity contribution in [2.75, 3.05) is 13.7 Å². The Labute approximate surface area is 164 Å². The van der Waals surface area contributed by atoms with E-state index < -0.39 is 55.4 Å². The van der Waals surface area contributed by atoms with Crippen LogP contribution in [-0.2, 0) is 44.3 Å². The van der Waals surface area contributed by atoms with E-state index in [1.165, 1.54) is 12.3 Å². The Hall–Kier alpha value is -1.26. The van der Waals surface area contributed by atoms with Crippen LogP contribution < -0.4 is 5.32 Å². The first-order valence-electron chi connectivity index (χ1n) is 7.98. The number of aliphatic hydroxyl groups excluding tert-OH is 3. The molecule has 0 spiro atoms. The number of rotatable bonds is 2. The summed E-state index contributed by atoms with van der Waals surface area (Å²) in [5.74, 6) is -0.142. The molecule has 0 aromatic rings. The zero-order chi connectivity index (χ0) is 20.4. The van der Waals surface area contributed by atoms with Crippen molar-refractivity contribution < 1.29 is 59.6 Å². The molecule has 152 valence electrons. The van der Waals surface area contributed by atoms with Crippen LogP contribution in [0.15, 0.2) is 36.1 Å². The molecule has 2 fully saturated rings. The Balaban J connectivity index is 0.000000665. The van der Waals surface area contributed by atoms with Gasteiger partial charge < -0.3 is 34.8 Å². The summed E-state index contributed by atoms with van der Waals surface area (Å²) in [4.78, 5) is 11.6. The van der Waals surface area contributed by atoms with E-state index in [9.17, 15) is 15.0 Å². The predicted molar refractivity (Wildman–Crippen MR) is 85.0 cm³/mol. The number of aliphatic hydroxyl groups is 3. The fourth-order valence-electron chi connectivity index (χ4n) is 2.64. The van der Waals surface area contributed by atoms with Crippen LogP contribution >= 0.6 is 0 Å². The SMILES string of the molecule is CC1OCC2OC(NC=C3C=CC=CC3=O)C(O)C(O)C2O1.CO.[O]=[Mo]=[O]. The van der Waals surface area contributed by atoms with Gasteiger partial charge in [-0.05, 0) is 19.1 Å². The monoisotopic (exact) mass is 471 g/mol. The summed E-state index contributed by atoms with van der Waals surface area (Å²) in [6, 6.07) is 0. The number of fused-ring (bicyclic) bond motifs is 1. The third kappa shape index (κ3) is 6.69. The topological polar surface area (TPSA) is 152 Å². The van der Waals surface area contributed by atoms with Gasteiger partial charge in [0.1, 0.15) is 24.4 Å². The zero-order valence-electron chi connectivity index (χ0n) is 14.8. The van der Waals surface area contributed by atoms with Crippen molar-refractivity contribution in [3.8, 4) is 0 Å². The molecule has 6 atom stereocenters. The first kappa shape index (κ1) is 23.8. The van der Waals surface area contributed by atoms with Crippen molar-refractivity contribution in [1.29, 1.82) is 0 Å². The van der Waals surface area contributed by atoms with E-state index in [-0.39, 0.29) is 12.4 Å². The van der Waals surface area contributed by atoms with Gasteiger partial charge in [0.05, 0.1) is 6.61 Å². The van der Waals surface area contributed by atoms with Gasteiger partial charge in [-0.2, -0.15) is 0 Å². The predicted octanol–water partition coefficient (Wildman–Crippen LogP) is -1.27. The second-order valence-electron chi connectivity index (χ2n) is 5.49. The number of carbonyl (C=O) groups excluding carboxylic acids is 1. The first-order chi connectivity index (χ1) is 13.0. The molecule has 0 radical (unpaired) electrons.